The van der Waals surface area contributed by atoms with Crippen LogP contribution in [0.2, 0.25) is 0 Å². The molecule has 0 aromatic heterocycles. The van der Waals surface area contributed by atoms with Crippen molar-refractivity contribution in [3.05, 3.63) is 0 Å². The van der Waals surface area contributed by atoms with Crippen LogP contribution in [-0.2, 0) is 0 Å². The predicted molar refractivity (Wildman–Crippen MR) is 47.2 cm³/mol. The van der Waals surface area contributed by atoms with E-state index in [9.17, 15) is 13.2 Å². The Kier molecular flexibility index (Phi) is 3.39. The third-order valence-electron chi connectivity index (χ3n) is 2.62. The Labute approximate surface area is 85.4 Å². The summed E-state index contributed by atoms with van der Waals surface area (Å²) in [6.07, 6.45) is -4.16. The molecule has 0 nitrogen and oxygen atoms in total. The molecule has 0 aromatic carbocycles. The topological polar surface area (TPSA) is 0 Å². The van der Waals surface area contributed by atoms with E-state index < -0.39 is 22.8 Å². The molecule has 0 aliphatic heterocycles. The molecule has 0 heterocycles. The molecular formula is C8H11Cl2F3. The van der Waals surface area contributed by atoms with E-state index in [0.717, 1.165) is 0 Å². The van der Waals surface area contributed by atoms with Crippen molar-refractivity contribution in [2.45, 2.75) is 36.7 Å². The van der Waals surface area contributed by atoms with Gasteiger partial charge in [-0.25, -0.2) is 0 Å². The first-order valence-electron chi connectivity index (χ1n) is 4.17. The molecule has 0 spiro atoms. The number of alkyl halides is 5. The van der Waals surface area contributed by atoms with Gasteiger partial charge in [0.05, 0.1) is 5.92 Å². The number of hydrogen-bond donors (Lipinski definition) is 0. The van der Waals surface area contributed by atoms with Crippen LogP contribution in [0.1, 0.15) is 19.8 Å². The zero-order valence-electron chi connectivity index (χ0n) is 7.11. The van der Waals surface area contributed by atoms with Gasteiger partial charge in [-0.1, -0.05) is 6.92 Å². The maximum absolute atomic E-state index is 12.3. The first-order valence-corrected chi connectivity index (χ1v) is 5.04. The number of hydrogen-bond acceptors (Lipinski definition) is 0. The summed E-state index contributed by atoms with van der Waals surface area (Å²) in [5.74, 6) is -1.37. The monoisotopic (exact) mass is 234 g/mol. The largest absolute Gasteiger partial charge is 0.391 e. The van der Waals surface area contributed by atoms with Crippen LogP contribution in [0, 0.1) is 11.8 Å². The van der Waals surface area contributed by atoms with Crippen molar-refractivity contribution in [3.8, 4) is 0 Å². The molecule has 0 bridgehead atoms. The second kappa shape index (κ2) is 3.85. The van der Waals surface area contributed by atoms with Crippen LogP contribution in [0.4, 0.5) is 13.2 Å². The van der Waals surface area contributed by atoms with Crippen molar-refractivity contribution in [2.24, 2.45) is 11.8 Å². The van der Waals surface area contributed by atoms with E-state index in [2.05, 4.69) is 0 Å². The maximum Gasteiger partial charge on any atom is 0.391 e. The van der Waals surface area contributed by atoms with E-state index in [1.807, 2.05) is 0 Å². The van der Waals surface area contributed by atoms with Crippen LogP contribution in [-0.4, -0.2) is 16.9 Å². The van der Waals surface area contributed by atoms with Gasteiger partial charge in [0.15, 0.2) is 0 Å². The fraction of sp³-hybridized carbons (Fsp3) is 1.00. The molecule has 13 heavy (non-hydrogen) atoms. The Balaban J connectivity index is 2.64. The highest BCUT2D eigenvalue weighted by Gasteiger charge is 2.46. The van der Waals surface area contributed by atoms with E-state index in [1.54, 1.807) is 6.92 Å². The smallest absolute Gasteiger partial charge is 0.171 e. The third-order valence-corrected chi connectivity index (χ3v) is 3.77. The lowest BCUT2D eigenvalue weighted by atomic mass is 9.82. The van der Waals surface area contributed by atoms with Gasteiger partial charge in [-0.2, -0.15) is 13.2 Å². The van der Waals surface area contributed by atoms with Crippen molar-refractivity contribution in [1.82, 2.24) is 0 Å². The first-order chi connectivity index (χ1) is 5.82. The van der Waals surface area contributed by atoms with Gasteiger partial charge >= 0.3 is 6.18 Å². The molecule has 1 fully saturated rings. The van der Waals surface area contributed by atoms with Gasteiger partial charge in [0.2, 0.25) is 0 Å². The van der Waals surface area contributed by atoms with Crippen molar-refractivity contribution >= 4 is 23.2 Å². The van der Waals surface area contributed by atoms with Crippen molar-refractivity contribution in [1.29, 1.82) is 0 Å². The zero-order chi connectivity index (χ0) is 10.2. The van der Waals surface area contributed by atoms with Crippen LogP contribution >= 0.6 is 23.2 Å². The van der Waals surface area contributed by atoms with Crippen LogP contribution in [0.15, 0.2) is 0 Å². The molecular weight excluding hydrogens is 224 g/mol. The minimum Gasteiger partial charge on any atom is -0.171 e. The summed E-state index contributed by atoms with van der Waals surface area (Å²) < 4.78 is 36.9. The summed E-state index contributed by atoms with van der Waals surface area (Å²) in [7, 11) is 0. The van der Waals surface area contributed by atoms with Crippen LogP contribution in [0.3, 0.4) is 0 Å². The van der Waals surface area contributed by atoms with Crippen LogP contribution in [0.5, 0.6) is 0 Å². The van der Waals surface area contributed by atoms with E-state index >= 15 is 0 Å². The van der Waals surface area contributed by atoms with Crippen LogP contribution in [0.25, 0.3) is 0 Å². The van der Waals surface area contributed by atoms with Gasteiger partial charge < -0.3 is 0 Å². The summed E-state index contributed by atoms with van der Waals surface area (Å²) in [6.45, 7) is 1.79. The molecule has 0 N–H and O–H groups in total. The fourth-order valence-corrected chi connectivity index (χ4v) is 2.42. The Bertz CT molecular complexity index is 169. The first kappa shape index (κ1) is 11.4. The Morgan fingerprint density at radius 2 is 1.46 bits per heavy atom. The molecule has 1 rings (SSSR count). The van der Waals surface area contributed by atoms with Crippen molar-refractivity contribution < 1.29 is 13.2 Å². The van der Waals surface area contributed by atoms with Crippen molar-refractivity contribution in [3.63, 3.8) is 0 Å². The molecule has 0 aromatic rings. The molecule has 1 saturated carbocycles. The second-order valence-electron chi connectivity index (χ2n) is 3.60. The third kappa shape index (κ3) is 2.66. The minimum absolute atomic E-state index is 0.00452. The lowest BCUT2D eigenvalue weighted by Gasteiger charge is -2.35. The lowest BCUT2D eigenvalue weighted by Crippen LogP contribution is -2.38. The maximum atomic E-state index is 12.3. The van der Waals surface area contributed by atoms with Crippen LogP contribution < -0.4 is 0 Å². The molecule has 1 aliphatic carbocycles. The molecule has 2 unspecified atom stereocenters. The molecule has 0 amide bonds. The summed E-state index contributed by atoms with van der Waals surface area (Å²) in [6, 6.07) is 0. The summed E-state index contributed by atoms with van der Waals surface area (Å²) in [5.41, 5.74) is 0. The normalized spacial score (nSPS) is 42.0. The van der Waals surface area contributed by atoms with Gasteiger partial charge in [0, 0.05) is 10.8 Å². The highest BCUT2D eigenvalue weighted by atomic mass is 35.5. The predicted octanol–water partition coefficient (Wildman–Crippen LogP) is 3.81. The summed E-state index contributed by atoms with van der Waals surface area (Å²) >= 11 is 11.6. The van der Waals surface area contributed by atoms with E-state index in [-0.39, 0.29) is 18.8 Å². The average molecular weight is 235 g/mol. The van der Waals surface area contributed by atoms with E-state index in [1.165, 1.54) is 0 Å². The Morgan fingerprint density at radius 3 is 1.77 bits per heavy atom. The zero-order valence-corrected chi connectivity index (χ0v) is 8.63. The number of rotatable bonds is 0. The standard InChI is InChI=1S/C8H11Cl2F3/c1-4-6(9)2-5(3-7(4)10)8(11,12)13/h4-7H,2-3H2,1H3. The average Bonchev–Trinajstić information content (AvgIpc) is 1.97. The summed E-state index contributed by atoms with van der Waals surface area (Å²) in [5, 5.41) is -0.911. The molecule has 0 saturated heterocycles. The molecule has 1 aliphatic rings. The molecule has 78 valence electrons. The quantitative estimate of drug-likeness (QED) is 0.560. The summed E-state index contributed by atoms with van der Waals surface area (Å²) in [4.78, 5) is 0. The van der Waals surface area contributed by atoms with Crippen molar-refractivity contribution in [2.75, 3.05) is 0 Å². The highest BCUT2D eigenvalue weighted by molar-refractivity contribution is 6.24. The number of halogens is 5. The van der Waals surface area contributed by atoms with Gasteiger partial charge in [0.1, 0.15) is 0 Å². The molecule has 2 atom stereocenters. The second-order valence-corrected chi connectivity index (χ2v) is 4.72. The SMILES string of the molecule is CC1C(Cl)CC(C(F)(F)F)CC1Cl. The molecule has 0 radical (unpaired) electrons. The fourth-order valence-electron chi connectivity index (χ4n) is 1.56. The van der Waals surface area contributed by atoms with Gasteiger partial charge in [-0.3, -0.25) is 0 Å². The lowest BCUT2D eigenvalue weighted by molar-refractivity contribution is -0.182. The van der Waals surface area contributed by atoms with E-state index in [4.69, 9.17) is 23.2 Å². The minimum atomic E-state index is -4.15. The van der Waals surface area contributed by atoms with Gasteiger partial charge in [-0.15, -0.1) is 23.2 Å². The highest BCUT2D eigenvalue weighted by Crippen LogP contribution is 2.43. The Morgan fingerprint density at radius 1 is 1.08 bits per heavy atom. The Hall–Kier alpha value is 0.370. The molecule has 5 heteroatoms. The van der Waals surface area contributed by atoms with E-state index in [0.29, 0.717) is 0 Å². The van der Waals surface area contributed by atoms with Gasteiger partial charge in [-0.05, 0) is 18.8 Å². The van der Waals surface area contributed by atoms with Gasteiger partial charge in [0.25, 0.3) is 0 Å².